The molecule has 2 N–H and O–H groups in total. The third-order valence-corrected chi connectivity index (χ3v) is 6.91. The van der Waals surface area contributed by atoms with Crippen LogP contribution in [0, 0.1) is 5.82 Å². The number of carbonyl (C=O) groups is 1. The zero-order valence-electron chi connectivity index (χ0n) is 19.2. The molecule has 0 bridgehead atoms. The molecule has 1 amide bonds. The second-order valence-corrected chi connectivity index (χ2v) is 9.70. The molecule has 0 radical (unpaired) electrons. The number of carbonyl (C=O) groups excluding carboxylic acids is 1. The fourth-order valence-corrected chi connectivity index (χ4v) is 4.78. The van der Waals surface area contributed by atoms with Crippen molar-refractivity contribution in [2.45, 2.75) is 11.4 Å². The number of hydrogen-bond donors (Lipinski definition) is 2. The summed E-state index contributed by atoms with van der Waals surface area (Å²) in [4.78, 5) is 15.1. The number of amides is 1. The minimum absolute atomic E-state index is 0.104. The number of nitrogens with one attached hydrogen (secondary N) is 2. The van der Waals surface area contributed by atoms with E-state index < -0.39 is 15.8 Å². The summed E-state index contributed by atoms with van der Waals surface area (Å²) >= 11 is 0. The number of hydrogen-bond acceptors (Lipinski definition) is 6. The summed E-state index contributed by atoms with van der Waals surface area (Å²) in [6, 6.07) is 16.5. The molecule has 1 saturated heterocycles. The molecule has 0 saturated carbocycles. The van der Waals surface area contributed by atoms with Gasteiger partial charge in [-0.3, -0.25) is 14.4 Å². The van der Waals surface area contributed by atoms with Crippen molar-refractivity contribution in [2.75, 3.05) is 43.5 Å². The molecule has 4 rings (SSSR count). The Bertz CT molecular complexity index is 1290. The van der Waals surface area contributed by atoms with E-state index in [0.29, 0.717) is 24.5 Å². The maximum absolute atomic E-state index is 13.2. The molecule has 1 fully saturated rings. The minimum Gasteiger partial charge on any atom is -0.495 e. The molecule has 0 atom stereocenters. The van der Waals surface area contributed by atoms with Crippen molar-refractivity contribution in [2.24, 2.45) is 0 Å². The Hall–Kier alpha value is -3.47. The van der Waals surface area contributed by atoms with E-state index >= 15 is 0 Å². The number of ether oxygens (including phenoxy) is 2. The van der Waals surface area contributed by atoms with E-state index in [1.165, 1.54) is 25.3 Å². The van der Waals surface area contributed by atoms with Crippen molar-refractivity contribution < 1.29 is 27.1 Å². The molecule has 0 spiro atoms. The molecule has 3 aromatic carbocycles. The van der Waals surface area contributed by atoms with E-state index in [0.717, 1.165) is 37.3 Å². The molecule has 35 heavy (non-hydrogen) atoms. The highest BCUT2D eigenvalue weighted by molar-refractivity contribution is 7.92. The first-order valence-corrected chi connectivity index (χ1v) is 12.5. The quantitative estimate of drug-likeness (QED) is 0.490. The van der Waals surface area contributed by atoms with Gasteiger partial charge in [0.1, 0.15) is 11.6 Å². The SMILES string of the molecule is COc1ccc(NC(=O)c2cccc(CN3CCOCC3)c2)cc1NS(=O)(=O)c1ccc(F)cc1. The average Bonchev–Trinajstić information content (AvgIpc) is 2.85. The van der Waals surface area contributed by atoms with Crippen LogP contribution in [0.2, 0.25) is 0 Å². The van der Waals surface area contributed by atoms with Crippen molar-refractivity contribution in [1.29, 1.82) is 0 Å². The Morgan fingerprint density at radius 1 is 1.06 bits per heavy atom. The second kappa shape index (κ2) is 10.9. The average molecular weight is 500 g/mol. The van der Waals surface area contributed by atoms with Crippen molar-refractivity contribution in [3.05, 3.63) is 83.7 Å². The Morgan fingerprint density at radius 3 is 2.51 bits per heavy atom. The number of benzene rings is 3. The summed E-state index contributed by atoms with van der Waals surface area (Å²) in [5, 5.41) is 2.80. The highest BCUT2D eigenvalue weighted by atomic mass is 32.2. The smallest absolute Gasteiger partial charge is 0.262 e. The molecule has 1 heterocycles. The lowest BCUT2D eigenvalue weighted by atomic mass is 10.1. The van der Waals surface area contributed by atoms with Gasteiger partial charge in [0.15, 0.2) is 0 Å². The first-order valence-electron chi connectivity index (χ1n) is 11.0. The van der Waals surface area contributed by atoms with Crippen LogP contribution in [0.5, 0.6) is 5.75 Å². The monoisotopic (exact) mass is 499 g/mol. The lowest BCUT2D eigenvalue weighted by Gasteiger charge is -2.26. The number of nitrogens with zero attached hydrogens (tertiary/aromatic N) is 1. The van der Waals surface area contributed by atoms with Gasteiger partial charge in [0.2, 0.25) is 0 Å². The molecule has 1 aliphatic rings. The van der Waals surface area contributed by atoms with Crippen LogP contribution in [0.15, 0.2) is 71.6 Å². The van der Waals surface area contributed by atoms with E-state index in [4.69, 9.17) is 9.47 Å². The van der Waals surface area contributed by atoms with E-state index in [-0.39, 0.29) is 22.2 Å². The van der Waals surface area contributed by atoms with Gasteiger partial charge in [-0.25, -0.2) is 12.8 Å². The predicted octanol–water partition coefficient (Wildman–Crippen LogP) is 3.72. The second-order valence-electron chi connectivity index (χ2n) is 8.02. The maximum Gasteiger partial charge on any atom is 0.262 e. The number of methoxy groups -OCH3 is 1. The summed E-state index contributed by atoms with van der Waals surface area (Å²) in [6.07, 6.45) is 0. The highest BCUT2D eigenvalue weighted by Gasteiger charge is 2.18. The zero-order chi connectivity index (χ0) is 24.8. The standard InChI is InChI=1S/C25H26FN3O5S/c1-33-24-10-7-21(16-23(24)28-35(31,32)22-8-5-20(26)6-9-22)27-25(30)19-4-2-3-18(15-19)17-29-11-13-34-14-12-29/h2-10,15-16,28H,11-14,17H2,1H3,(H,27,30). The summed E-state index contributed by atoms with van der Waals surface area (Å²) < 4.78 is 51.8. The van der Waals surface area contributed by atoms with Crippen LogP contribution in [0.3, 0.4) is 0 Å². The Kier molecular flexibility index (Phi) is 7.64. The highest BCUT2D eigenvalue weighted by Crippen LogP contribution is 2.30. The molecular formula is C25H26FN3O5S. The molecule has 3 aromatic rings. The largest absolute Gasteiger partial charge is 0.495 e. The van der Waals surface area contributed by atoms with Crippen LogP contribution in [0.25, 0.3) is 0 Å². The number of halogens is 1. The van der Waals surface area contributed by atoms with Crippen molar-refractivity contribution in [1.82, 2.24) is 4.90 Å². The molecule has 0 unspecified atom stereocenters. The number of anilines is 2. The third-order valence-electron chi connectivity index (χ3n) is 5.52. The predicted molar refractivity (Wildman–Crippen MR) is 131 cm³/mol. The van der Waals surface area contributed by atoms with Crippen LogP contribution in [-0.2, 0) is 21.3 Å². The number of sulfonamides is 1. The fraction of sp³-hybridized carbons (Fsp3) is 0.240. The van der Waals surface area contributed by atoms with Crippen molar-refractivity contribution in [3.63, 3.8) is 0 Å². The Balaban J connectivity index is 1.50. The van der Waals surface area contributed by atoms with Crippen LogP contribution in [0.4, 0.5) is 15.8 Å². The number of rotatable bonds is 8. The van der Waals surface area contributed by atoms with Crippen molar-refractivity contribution in [3.8, 4) is 5.75 Å². The van der Waals surface area contributed by atoms with E-state index in [2.05, 4.69) is 14.9 Å². The first kappa shape index (κ1) is 24.6. The molecular weight excluding hydrogens is 473 g/mol. The Labute approximate surface area is 203 Å². The van der Waals surface area contributed by atoms with Gasteiger partial charge in [-0.2, -0.15) is 0 Å². The minimum atomic E-state index is -4.00. The van der Waals surface area contributed by atoms with Gasteiger partial charge in [-0.15, -0.1) is 0 Å². The molecule has 0 aromatic heterocycles. The van der Waals surface area contributed by atoms with E-state index in [9.17, 15) is 17.6 Å². The third kappa shape index (κ3) is 6.36. The Morgan fingerprint density at radius 2 is 1.80 bits per heavy atom. The summed E-state index contributed by atoms with van der Waals surface area (Å²) in [6.45, 7) is 3.82. The van der Waals surface area contributed by atoms with E-state index in [1.54, 1.807) is 18.2 Å². The molecule has 8 nitrogen and oxygen atoms in total. The molecule has 184 valence electrons. The van der Waals surface area contributed by atoms with Crippen LogP contribution in [-0.4, -0.2) is 52.6 Å². The summed E-state index contributed by atoms with van der Waals surface area (Å²) in [7, 11) is -2.60. The molecule has 0 aliphatic carbocycles. The summed E-state index contributed by atoms with van der Waals surface area (Å²) in [5.41, 5.74) is 2.02. The lowest BCUT2D eigenvalue weighted by Crippen LogP contribution is -2.35. The topological polar surface area (TPSA) is 97.0 Å². The van der Waals surface area contributed by atoms with Gasteiger partial charge in [-0.1, -0.05) is 12.1 Å². The normalized spacial score (nSPS) is 14.3. The maximum atomic E-state index is 13.2. The van der Waals surface area contributed by atoms with Crippen molar-refractivity contribution >= 4 is 27.3 Å². The molecule has 1 aliphatic heterocycles. The van der Waals surface area contributed by atoms with Gasteiger partial charge in [0, 0.05) is 30.9 Å². The van der Waals surface area contributed by atoms with Gasteiger partial charge in [0.25, 0.3) is 15.9 Å². The van der Waals surface area contributed by atoms with Gasteiger partial charge >= 0.3 is 0 Å². The van der Waals surface area contributed by atoms with Gasteiger partial charge in [-0.05, 0) is 60.2 Å². The summed E-state index contributed by atoms with van der Waals surface area (Å²) in [5.74, 6) is -0.604. The molecule has 10 heteroatoms. The van der Waals surface area contributed by atoms with Crippen LogP contribution >= 0.6 is 0 Å². The number of morpholine rings is 1. The first-order chi connectivity index (χ1) is 16.8. The zero-order valence-corrected chi connectivity index (χ0v) is 20.0. The van der Waals surface area contributed by atoms with Crippen LogP contribution in [0.1, 0.15) is 15.9 Å². The van der Waals surface area contributed by atoms with Crippen LogP contribution < -0.4 is 14.8 Å². The fourth-order valence-electron chi connectivity index (χ4n) is 3.71. The lowest BCUT2D eigenvalue weighted by molar-refractivity contribution is 0.0342. The van der Waals surface area contributed by atoms with Gasteiger partial charge < -0.3 is 14.8 Å². The van der Waals surface area contributed by atoms with Gasteiger partial charge in [0.05, 0.1) is 30.9 Å². The van der Waals surface area contributed by atoms with E-state index in [1.807, 2.05) is 18.2 Å².